The third kappa shape index (κ3) is 8.06. The molecule has 4 heteroatoms. The van der Waals surface area contributed by atoms with Gasteiger partial charge in [0.15, 0.2) is 0 Å². The summed E-state index contributed by atoms with van der Waals surface area (Å²) >= 11 is 0. The number of hydrogen-bond acceptors (Lipinski definition) is 4. The summed E-state index contributed by atoms with van der Waals surface area (Å²) in [6, 6.07) is 0. The summed E-state index contributed by atoms with van der Waals surface area (Å²) in [4.78, 5) is 23.6. The van der Waals surface area contributed by atoms with Gasteiger partial charge in [-0.1, -0.05) is 47.0 Å². The Morgan fingerprint density at radius 2 is 1.68 bits per heavy atom. The van der Waals surface area contributed by atoms with Crippen LogP contribution in [0.5, 0.6) is 0 Å². The van der Waals surface area contributed by atoms with Crippen LogP contribution in [0.3, 0.4) is 0 Å². The van der Waals surface area contributed by atoms with Crippen LogP contribution in [-0.4, -0.2) is 24.1 Å². The van der Waals surface area contributed by atoms with Gasteiger partial charge in [-0.2, -0.15) is 0 Å². The van der Waals surface area contributed by atoms with E-state index in [1.54, 1.807) is 0 Å². The third-order valence-electron chi connectivity index (χ3n) is 5.61. The minimum atomic E-state index is -0.478. The van der Waals surface area contributed by atoms with Crippen molar-refractivity contribution in [3.8, 4) is 0 Å². The number of carbonyl (C=O) groups excluding carboxylic acids is 2. The van der Waals surface area contributed by atoms with E-state index >= 15 is 0 Å². The van der Waals surface area contributed by atoms with Crippen LogP contribution in [0.1, 0.15) is 86.0 Å². The predicted molar refractivity (Wildman–Crippen MR) is 100 cm³/mol. The maximum atomic E-state index is 11.9. The zero-order valence-electron chi connectivity index (χ0n) is 16.7. The first kappa shape index (κ1) is 21.7. The fourth-order valence-electron chi connectivity index (χ4n) is 3.38. The Morgan fingerprint density at radius 3 is 2.24 bits per heavy atom. The molecule has 0 aromatic rings. The number of carbonyl (C=O) groups is 2. The van der Waals surface area contributed by atoms with E-state index in [4.69, 9.17) is 9.47 Å². The van der Waals surface area contributed by atoms with Crippen molar-refractivity contribution in [1.82, 2.24) is 0 Å². The van der Waals surface area contributed by atoms with Gasteiger partial charge in [0.05, 0.1) is 6.10 Å². The van der Waals surface area contributed by atoms with Gasteiger partial charge in [-0.15, -0.1) is 0 Å². The zero-order chi connectivity index (χ0) is 18.9. The molecule has 0 aromatic carbocycles. The Hall–Kier alpha value is -1.32. The van der Waals surface area contributed by atoms with Gasteiger partial charge < -0.3 is 9.47 Å². The highest BCUT2D eigenvalue weighted by molar-refractivity contribution is 5.91. The molecule has 0 amide bonds. The van der Waals surface area contributed by atoms with Crippen molar-refractivity contribution in [2.24, 2.45) is 11.3 Å². The van der Waals surface area contributed by atoms with Gasteiger partial charge in [-0.05, 0) is 50.4 Å². The Kier molecular flexibility index (Phi) is 9.23. The molecule has 4 nitrogen and oxygen atoms in total. The van der Waals surface area contributed by atoms with Crippen molar-refractivity contribution in [2.75, 3.05) is 0 Å². The Morgan fingerprint density at radius 1 is 1.08 bits per heavy atom. The van der Waals surface area contributed by atoms with E-state index in [2.05, 4.69) is 27.7 Å². The molecule has 0 radical (unpaired) electrons. The normalized spacial score (nSPS) is 22.6. The molecule has 1 aliphatic rings. The van der Waals surface area contributed by atoms with Gasteiger partial charge in [-0.25, -0.2) is 9.59 Å². The summed E-state index contributed by atoms with van der Waals surface area (Å²) in [5.41, 5.74) is 0.354. The van der Waals surface area contributed by atoms with Gasteiger partial charge in [-0.3, -0.25) is 0 Å². The average Bonchev–Trinajstić information content (AvgIpc) is 2.58. The number of esters is 2. The molecule has 1 rings (SSSR count). The molecule has 0 N–H and O–H groups in total. The molecule has 0 aliphatic heterocycles. The SMILES string of the molecule is CCCCC(C)OC(=O)/C=C/C(=O)OC1CCC(C(C)(C)CC)CC1. The minimum Gasteiger partial charge on any atom is -0.460 e. The maximum absolute atomic E-state index is 11.9. The Balaban J connectivity index is 2.32. The molecule has 0 saturated heterocycles. The van der Waals surface area contributed by atoms with Crippen LogP contribution in [0.4, 0.5) is 0 Å². The maximum Gasteiger partial charge on any atom is 0.331 e. The second-order valence-electron chi connectivity index (χ2n) is 7.98. The molecular formula is C21H36O4. The second kappa shape index (κ2) is 10.6. The van der Waals surface area contributed by atoms with Crippen LogP contribution in [0.25, 0.3) is 0 Å². The van der Waals surface area contributed by atoms with E-state index < -0.39 is 11.9 Å². The van der Waals surface area contributed by atoms with Crippen molar-refractivity contribution in [1.29, 1.82) is 0 Å². The minimum absolute atomic E-state index is 0.0273. The standard InChI is InChI=1S/C21H36O4/c1-6-8-9-16(3)24-19(22)14-15-20(23)25-18-12-10-17(11-13-18)21(4,5)7-2/h14-18H,6-13H2,1-5H3/b15-14+. The number of ether oxygens (including phenoxy) is 2. The number of unbranched alkanes of at least 4 members (excludes halogenated alkanes) is 1. The average molecular weight is 353 g/mol. The van der Waals surface area contributed by atoms with Crippen LogP contribution < -0.4 is 0 Å². The van der Waals surface area contributed by atoms with Crippen LogP contribution in [0.2, 0.25) is 0 Å². The molecule has 0 bridgehead atoms. The van der Waals surface area contributed by atoms with Crippen LogP contribution in [-0.2, 0) is 19.1 Å². The highest BCUT2D eigenvalue weighted by Crippen LogP contribution is 2.40. The molecule has 0 aromatic heterocycles. The molecule has 0 heterocycles. The summed E-state index contributed by atoms with van der Waals surface area (Å²) in [6.45, 7) is 10.8. The van der Waals surface area contributed by atoms with Crippen molar-refractivity contribution in [2.45, 2.75) is 98.2 Å². The topological polar surface area (TPSA) is 52.6 Å². The lowest BCUT2D eigenvalue weighted by atomic mass is 9.69. The van der Waals surface area contributed by atoms with E-state index in [0.717, 1.165) is 44.9 Å². The van der Waals surface area contributed by atoms with E-state index in [1.165, 1.54) is 18.6 Å². The molecule has 0 spiro atoms. The van der Waals surface area contributed by atoms with E-state index in [-0.39, 0.29) is 12.2 Å². The zero-order valence-corrected chi connectivity index (χ0v) is 16.7. The van der Waals surface area contributed by atoms with Crippen molar-refractivity contribution >= 4 is 11.9 Å². The first-order valence-electron chi connectivity index (χ1n) is 9.87. The number of rotatable bonds is 9. The van der Waals surface area contributed by atoms with Crippen molar-refractivity contribution in [3.63, 3.8) is 0 Å². The summed E-state index contributed by atoms with van der Waals surface area (Å²) in [5.74, 6) is -0.229. The second-order valence-corrected chi connectivity index (χ2v) is 7.98. The third-order valence-corrected chi connectivity index (χ3v) is 5.61. The summed E-state index contributed by atoms with van der Waals surface area (Å²) in [7, 11) is 0. The monoisotopic (exact) mass is 352 g/mol. The smallest absolute Gasteiger partial charge is 0.331 e. The predicted octanol–water partition coefficient (Wildman–Crippen LogP) is 5.20. The summed E-state index contributed by atoms with van der Waals surface area (Å²) in [6.07, 6.45) is 10.3. The van der Waals surface area contributed by atoms with Gasteiger partial charge in [0.25, 0.3) is 0 Å². The lowest BCUT2D eigenvalue weighted by Crippen LogP contribution is -2.31. The van der Waals surface area contributed by atoms with Crippen molar-refractivity contribution in [3.05, 3.63) is 12.2 Å². The molecule has 25 heavy (non-hydrogen) atoms. The Labute approximate surface area is 153 Å². The molecule has 1 aliphatic carbocycles. The van der Waals surface area contributed by atoms with E-state index in [1.807, 2.05) is 6.92 Å². The first-order valence-corrected chi connectivity index (χ1v) is 9.87. The van der Waals surface area contributed by atoms with Crippen LogP contribution >= 0.6 is 0 Å². The largest absolute Gasteiger partial charge is 0.460 e. The lowest BCUT2D eigenvalue weighted by molar-refractivity contribution is -0.147. The first-order chi connectivity index (χ1) is 11.8. The Bertz CT molecular complexity index is 445. The molecule has 1 unspecified atom stereocenters. The van der Waals surface area contributed by atoms with Crippen LogP contribution in [0.15, 0.2) is 12.2 Å². The molecule has 1 fully saturated rings. The van der Waals surface area contributed by atoms with Gasteiger partial charge in [0, 0.05) is 12.2 Å². The fourth-order valence-corrected chi connectivity index (χ4v) is 3.38. The highest BCUT2D eigenvalue weighted by Gasteiger charge is 2.32. The fraction of sp³-hybridized carbons (Fsp3) is 0.810. The molecular weight excluding hydrogens is 316 g/mol. The van der Waals surface area contributed by atoms with Gasteiger partial charge in [0.2, 0.25) is 0 Å². The quantitative estimate of drug-likeness (QED) is 0.422. The highest BCUT2D eigenvalue weighted by atomic mass is 16.5. The summed E-state index contributed by atoms with van der Waals surface area (Å²) in [5, 5.41) is 0. The molecule has 1 saturated carbocycles. The van der Waals surface area contributed by atoms with E-state index in [9.17, 15) is 9.59 Å². The van der Waals surface area contributed by atoms with Gasteiger partial charge >= 0.3 is 11.9 Å². The van der Waals surface area contributed by atoms with E-state index in [0.29, 0.717) is 11.3 Å². The lowest BCUT2D eigenvalue weighted by Gasteiger charge is -2.38. The molecule has 1 atom stereocenters. The van der Waals surface area contributed by atoms with Gasteiger partial charge in [0.1, 0.15) is 6.10 Å². The van der Waals surface area contributed by atoms with Crippen molar-refractivity contribution < 1.29 is 19.1 Å². The van der Waals surface area contributed by atoms with Crippen LogP contribution in [0, 0.1) is 11.3 Å². The summed E-state index contributed by atoms with van der Waals surface area (Å²) < 4.78 is 10.7. The molecule has 144 valence electrons. The number of hydrogen-bond donors (Lipinski definition) is 0.